The molecular weight excluding hydrogens is 368 g/mol. The third-order valence-corrected chi connectivity index (χ3v) is 4.50. The molecule has 2 amide bonds. The maximum Gasteiger partial charge on any atom is 0.338 e. The number of hydrogen-bond donors (Lipinski definition) is 2. The van der Waals surface area contributed by atoms with Crippen molar-refractivity contribution in [3.05, 3.63) is 77.0 Å². The van der Waals surface area contributed by atoms with Crippen LogP contribution in [0.25, 0.3) is 0 Å². The van der Waals surface area contributed by atoms with Crippen molar-refractivity contribution in [1.82, 2.24) is 10.6 Å². The fourth-order valence-electron chi connectivity index (χ4n) is 3.03. The molecule has 1 aliphatic heterocycles. The van der Waals surface area contributed by atoms with E-state index < -0.39 is 12.0 Å². The lowest BCUT2D eigenvalue weighted by Crippen LogP contribution is -2.45. The normalized spacial score (nSPS) is 16.3. The maximum absolute atomic E-state index is 12.6. The molecule has 1 atom stereocenters. The van der Waals surface area contributed by atoms with Gasteiger partial charge in [-0.05, 0) is 36.1 Å². The minimum atomic E-state index is -0.577. The Kier molecular flexibility index (Phi) is 6.54. The lowest BCUT2D eigenvalue weighted by molar-refractivity contribution is -0.140. The van der Waals surface area contributed by atoms with Gasteiger partial charge in [-0.3, -0.25) is 0 Å². The number of rotatable bonds is 7. The average Bonchev–Trinajstić information content (AvgIpc) is 2.71. The summed E-state index contributed by atoms with van der Waals surface area (Å²) >= 11 is 0. The van der Waals surface area contributed by atoms with E-state index in [0.717, 1.165) is 11.1 Å². The molecule has 152 valence electrons. The predicted molar refractivity (Wildman–Crippen MR) is 110 cm³/mol. The zero-order valence-electron chi connectivity index (χ0n) is 16.9. The first kappa shape index (κ1) is 20.5. The van der Waals surface area contributed by atoms with E-state index in [1.54, 1.807) is 6.92 Å². The number of allylic oxidation sites excluding steroid dienone is 1. The molecule has 2 aromatic rings. The molecule has 0 bridgehead atoms. The van der Waals surface area contributed by atoms with Crippen molar-refractivity contribution in [3.63, 3.8) is 0 Å². The van der Waals surface area contributed by atoms with Crippen LogP contribution in [0.1, 0.15) is 37.9 Å². The number of hydrogen-bond acceptors (Lipinski definition) is 4. The smallest absolute Gasteiger partial charge is 0.338 e. The minimum Gasteiger partial charge on any atom is -0.489 e. The fraction of sp³-hybridized carbons (Fsp3) is 0.304. The summed E-state index contributed by atoms with van der Waals surface area (Å²) in [4.78, 5) is 24.6. The van der Waals surface area contributed by atoms with E-state index in [1.807, 2.05) is 68.4 Å². The first-order valence-electron chi connectivity index (χ1n) is 9.66. The van der Waals surface area contributed by atoms with Gasteiger partial charge in [0.2, 0.25) is 0 Å². The Hall–Kier alpha value is -3.28. The van der Waals surface area contributed by atoms with E-state index in [4.69, 9.17) is 9.47 Å². The molecule has 0 saturated carbocycles. The highest BCUT2D eigenvalue weighted by Gasteiger charge is 2.32. The summed E-state index contributed by atoms with van der Waals surface area (Å²) in [5.74, 6) is 0.506. The van der Waals surface area contributed by atoms with Crippen LogP contribution in [0.2, 0.25) is 0 Å². The Bertz CT molecular complexity index is 889. The number of carbonyl (C=O) groups is 2. The van der Waals surface area contributed by atoms with Gasteiger partial charge < -0.3 is 20.1 Å². The van der Waals surface area contributed by atoms with Crippen molar-refractivity contribution in [2.45, 2.75) is 33.4 Å². The number of nitrogens with one attached hydrogen (secondary N) is 2. The molecule has 3 rings (SSSR count). The number of ether oxygens (including phenoxy) is 2. The molecule has 0 aromatic heterocycles. The van der Waals surface area contributed by atoms with E-state index in [2.05, 4.69) is 10.6 Å². The van der Waals surface area contributed by atoms with Gasteiger partial charge in [-0.1, -0.05) is 56.3 Å². The largest absolute Gasteiger partial charge is 0.489 e. The van der Waals surface area contributed by atoms with Crippen LogP contribution in [-0.4, -0.2) is 18.6 Å². The van der Waals surface area contributed by atoms with Gasteiger partial charge in [0.05, 0.1) is 18.2 Å². The molecular formula is C23H26N2O4. The number of esters is 1. The van der Waals surface area contributed by atoms with Crippen LogP contribution in [0.3, 0.4) is 0 Å². The molecule has 0 aliphatic carbocycles. The fourth-order valence-corrected chi connectivity index (χ4v) is 3.03. The lowest BCUT2D eigenvalue weighted by atomic mass is 9.95. The van der Waals surface area contributed by atoms with Crippen LogP contribution in [0.5, 0.6) is 5.75 Å². The van der Waals surface area contributed by atoms with Crippen LogP contribution < -0.4 is 15.4 Å². The van der Waals surface area contributed by atoms with E-state index >= 15 is 0 Å². The number of carbonyl (C=O) groups excluding carboxylic acids is 2. The van der Waals surface area contributed by atoms with Gasteiger partial charge in [0.25, 0.3) is 0 Å². The van der Waals surface area contributed by atoms with Crippen LogP contribution in [0, 0.1) is 5.92 Å². The first-order valence-corrected chi connectivity index (χ1v) is 9.66. The SMILES string of the molecule is CC1=C(C(=O)OCC(C)C)C(c2ccc(OCc3ccccc3)cc2)NC(=O)N1. The van der Waals surface area contributed by atoms with Crippen molar-refractivity contribution < 1.29 is 19.1 Å². The second-order valence-corrected chi connectivity index (χ2v) is 7.41. The van der Waals surface area contributed by atoms with Crippen LogP contribution >= 0.6 is 0 Å². The van der Waals surface area contributed by atoms with Crippen LogP contribution in [-0.2, 0) is 16.1 Å². The molecule has 6 heteroatoms. The summed E-state index contributed by atoms with van der Waals surface area (Å²) in [5, 5.41) is 5.46. The molecule has 29 heavy (non-hydrogen) atoms. The van der Waals surface area contributed by atoms with E-state index in [0.29, 0.717) is 30.2 Å². The standard InChI is InChI=1S/C23H26N2O4/c1-15(2)13-29-22(26)20-16(3)24-23(27)25-21(20)18-9-11-19(12-10-18)28-14-17-7-5-4-6-8-17/h4-12,15,21H,13-14H2,1-3H3,(H2,24,25,27). The van der Waals surface area contributed by atoms with E-state index in [9.17, 15) is 9.59 Å². The Labute approximate surface area is 170 Å². The molecule has 0 radical (unpaired) electrons. The molecule has 1 heterocycles. The third-order valence-electron chi connectivity index (χ3n) is 4.50. The average molecular weight is 394 g/mol. The van der Waals surface area contributed by atoms with E-state index in [1.165, 1.54) is 0 Å². The first-order chi connectivity index (χ1) is 13.9. The molecule has 2 aromatic carbocycles. The highest BCUT2D eigenvalue weighted by atomic mass is 16.5. The van der Waals surface area contributed by atoms with Crippen molar-refractivity contribution in [2.24, 2.45) is 5.92 Å². The van der Waals surface area contributed by atoms with Crippen molar-refractivity contribution in [1.29, 1.82) is 0 Å². The molecule has 2 N–H and O–H groups in total. The summed E-state index contributed by atoms with van der Waals surface area (Å²) in [7, 11) is 0. The van der Waals surface area contributed by atoms with Crippen molar-refractivity contribution in [2.75, 3.05) is 6.61 Å². The summed E-state index contributed by atoms with van der Waals surface area (Å²) in [5.41, 5.74) is 2.76. The molecule has 0 fully saturated rings. The summed E-state index contributed by atoms with van der Waals surface area (Å²) in [6.07, 6.45) is 0. The van der Waals surface area contributed by atoms with Gasteiger partial charge in [-0.2, -0.15) is 0 Å². The van der Waals surface area contributed by atoms with Gasteiger partial charge in [0, 0.05) is 5.70 Å². The minimum absolute atomic E-state index is 0.227. The second-order valence-electron chi connectivity index (χ2n) is 7.41. The van der Waals surface area contributed by atoms with Crippen molar-refractivity contribution in [3.8, 4) is 5.75 Å². The van der Waals surface area contributed by atoms with Gasteiger partial charge in [0.15, 0.2) is 0 Å². The number of amides is 2. The Morgan fingerprint density at radius 3 is 2.41 bits per heavy atom. The van der Waals surface area contributed by atoms with Crippen LogP contribution in [0.4, 0.5) is 4.79 Å². The summed E-state index contributed by atoms with van der Waals surface area (Å²) in [6, 6.07) is 16.3. The quantitative estimate of drug-likeness (QED) is 0.694. The van der Waals surface area contributed by atoms with Gasteiger partial charge in [-0.25, -0.2) is 9.59 Å². The third kappa shape index (κ3) is 5.38. The zero-order chi connectivity index (χ0) is 20.8. The topological polar surface area (TPSA) is 76.7 Å². The van der Waals surface area contributed by atoms with Gasteiger partial charge in [-0.15, -0.1) is 0 Å². The lowest BCUT2D eigenvalue weighted by Gasteiger charge is -2.28. The van der Waals surface area contributed by atoms with Crippen LogP contribution in [0.15, 0.2) is 65.9 Å². The summed E-state index contributed by atoms with van der Waals surface area (Å²) in [6.45, 7) is 6.44. The Balaban J connectivity index is 1.75. The van der Waals surface area contributed by atoms with Crippen molar-refractivity contribution >= 4 is 12.0 Å². The van der Waals surface area contributed by atoms with Gasteiger partial charge >= 0.3 is 12.0 Å². The Morgan fingerprint density at radius 2 is 1.76 bits per heavy atom. The Morgan fingerprint density at radius 1 is 1.07 bits per heavy atom. The van der Waals surface area contributed by atoms with Gasteiger partial charge in [0.1, 0.15) is 12.4 Å². The number of benzene rings is 2. The summed E-state index contributed by atoms with van der Waals surface area (Å²) < 4.78 is 11.2. The highest BCUT2D eigenvalue weighted by molar-refractivity contribution is 5.95. The molecule has 0 spiro atoms. The zero-order valence-corrected chi connectivity index (χ0v) is 16.9. The molecule has 1 unspecified atom stereocenters. The maximum atomic E-state index is 12.6. The molecule has 6 nitrogen and oxygen atoms in total. The number of urea groups is 1. The van der Waals surface area contributed by atoms with E-state index in [-0.39, 0.29) is 11.9 Å². The monoisotopic (exact) mass is 394 g/mol. The predicted octanol–water partition coefficient (Wildman–Crippen LogP) is 4.09. The second kappa shape index (κ2) is 9.28. The molecule has 0 saturated heterocycles. The highest BCUT2D eigenvalue weighted by Crippen LogP contribution is 2.29. The molecule has 1 aliphatic rings.